The molecule has 3 heterocycles. The highest BCUT2D eigenvalue weighted by molar-refractivity contribution is 6.09. The van der Waals surface area contributed by atoms with Gasteiger partial charge in [0.15, 0.2) is 0 Å². The predicted molar refractivity (Wildman–Crippen MR) is 128 cm³/mol. The first-order valence-electron chi connectivity index (χ1n) is 11.7. The molecule has 1 aromatic carbocycles. The number of aliphatic hydroxyl groups is 1. The van der Waals surface area contributed by atoms with Crippen LogP contribution in [0.1, 0.15) is 35.8 Å². The van der Waals surface area contributed by atoms with Gasteiger partial charge in [-0.3, -0.25) is 9.59 Å². The molecule has 0 bridgehead atoms. The lowest BCUT2D eigenvalue weighted by Gasteiger charge is -2.16. The van der Waals surface area contributed by atoms with Crippen molar-refractivity contribution in [3.63, 3.8) is 0 Å². The molecule has 1 saturated heterocycles. The van der Waals surface area contributed by atoms with Crippen molar-refractivity contribution >= 4 is 22.8 Å². The predicted octanol–water partition coefficient (Wildman–Crippen LogP) is 2.05. The summed E-state index contributed by atoms with van der Waals surface area (Å²) in [4.78, 5) is 38.6. The van der Waals surface area contributed by atoms with Crippen LogP contribution < -0.4 is 14.8 Å². The van der Waals surface area contributed by atoms with Gasteiger partial charge in [0, 0.05) is 37.3 Å². The number of nitrogens with zero attached hydrogens (tertiary/aromatic N) is 3. The zero-order valence-corrected chi connectivity index (χ0v) is 20.0. The summed E-state index contributed by atoms with van der Waals surface area (Å²) in [7, 11) is 1.61. The Morgan fingerprint density at radius 3 is 2.74 bits per heavy atom. The maximum absolute atomic E-state index is 13.3. The minimum Gasteiger partial charge on any atom is -0.497 e. The highest BCUT2D eigenvalue weighted by Gasteiger charge is 2.35. The molecule has 35 heavy (non-hydrogen) atoms. The highest BCUT2D eigenvalue weighted by Crippen LogP contribution is 2.38. The molecule has 2 fully saturated rings. The number of methoxy groups -OCH3 is 1. The van der Waals surface area contributed by atoms with Crippen molar-refractivity contribution in [2.24, 2.45) is 5.92 Å². The van der Waals surface area contributed by atoms with E-state index in [1.54, 1.807) is 14.0 Å². The van der Waals surface area contributed by atoms with Crippen molar-refractivity contribution in [1.82, 2.24) is 25.2 Å². The summed E-state index contributed by atoms with van der Waals surface area (Å²) in [5.74, 6) is 1.41. The first kappa shape index (κ1) is 23.1. The van der Waals surface area contributed by atoms with E-state index in [4.69, 9.17) is 9.47 Å². The molecule has 184 valence electrons. The Hall–Kier alpha value is -3.66. The van der Waals surface area contributed by atoms with Gasteiger partial charge in [0.1, 0.15) is 29.0 Å². The Morgan fingerprint density at radius 1 is 1.26 bits per heavy atom. The molecular formula is C25H29N5O5. The molecule has 2 aliphatic rings. The fraction of sp³-hybridized carbons (Fsp3) is 0.440. The number of amides is 2. The molecule has 10 heteroatoms. The summed E-state index contributed by atoms with van der Waals surface area (Å²) in [6.45, 7) is 4.33. The number of benzene rings is 1. The second-order valence-corrected chi connectivity index (χ2v) is 9.26. The second kappa shape index (κ2) is 9.18. The van der Waals surface area contributed by atoms with Crippen LogP contribution in [0.5, 0.6) is 11.5 Å². The van der Waals surface area contributed by atoms with Crippen molar-refractivity contribution in [2.75, 3.05) is 26.8 Å². The van der Waals surface area contributed by atoms with E-state index in [1.807, 2.05) is 18.2 Å². The Bertz CT molecular complexity index is 1280. The molecule has 0 spiro atoms. The molecule has 3 aromatic rings. The van der Waals surface area contributed by atoms with Gasteiger partial charge in [0.2, 0.25) is 5.91 Å². The number of hydrogen-bond donors (Lipinski definition) is 3. The topological polar surface area (TPSA) is 130 Å². The first-order chi connectivity index (χ1) is 16.9. The summed E-state index contributed by atoms with van der Waals surface area (Å²) in [6.07, 6.45) is 2.94. The number of carbonyl (C=O) groups is 2. The number of aliphatic hydroxyl groups excluding tert-OH is 1. The number of rotatable bonds is 7. The summed E-state index contributed by atoms with van der Waals surface area (Å²) >= 11 is 0. The minimum atomic E-state index is -0.830. The molecule has 1 aliphatic carbocycles. The molecule has 5 rings (SSSR count). The number of aromatic nitrogens is 3. The molecule has 1 aliphatic heterocycles. The van der Waals surface area contributed by atoms with Crippen molar-refractivity contribution in [2.45, 2.75) is 38.8 Å². The number of carbonyl (C=O) groups excluding carboxylic acids is 2. The average molecular weight is 480 g/mol. The standard InChI is InChI=1S/C25H29N5O5/c1-13-21(25(33)29-18-9-30(14(2)31)10-19(18)32)23-24(28-13)22(26-12-27-23)17-7-6-16(34-3)8-20(17)35-11-15-4-5-15/h6-8,12,15,18-19,28,32H,4-5,9-11H2,1-3H3,(H,29,33). The SMILES string of the molecule is COc1ccc(-c2ncnc3c(C(=O)NC4CN(C(C)=O)CC4O)c(C)[nH]c23)c(OCC2CC2)c1. The van der Waals surface area contributed by atoms with Gasteiger partial charge in [0.25, 0.3) is 5.91 Å². The van der Waals surface area contributed by atoms with Gasteiger partial charge in [-0.05, 0) is 37.8 Å². The van der Waals surface area contributed by atoms with Crippen LogP contribution in [0.4, 0.5) is 0 Å². The summed E-state index contributed by atoms with van der Waals surface area (Å²) < 4.78 is 11.5. The van der Waals surface area contributed by atoms with Crippen LogP contribution in [0.2, 0.25) is 0 Å². The summed E-state index contributed by atoms with van der Waals surface area (Å²) in [6, 6.07) is 5.03. The fourth-order valence-corrected chi connectivity index (χ4v) is 4.47. The lowest BCUT2D eigenvalue weighted by molar-refractivity contribution is -0.128. The number of fused-ring (bicyclic) bond motifs is 1. The normalized spacial score (nSPS) is 19.7. The van der Waals surface area contributed by atoms with Crippen molar-refractivity contribution < 1.29 is 24.2 Å². The van der Waals surface area contributed by atoms with Gasteiger partial charge in [0.05, 0.1) is 36.9 Å². The third kappa shape index (κ3) is 4.53. The molecular weight excluding hydrogens is 450 g/mol. The Morgan fingerprint density at radius 2 is 2.06 bits per heavy atom. The van der Waals surface area contributed by atoms with Crippen molar-refractivity contribution in [3.8, 4) is 22.8 Å². The van der Waals surface area contributed by atoms with E-state index in [-0.39, 0.29) is 24.9 Å². The molecule has 3 N–H and O–H groups in total. The fourth-order valence-electron chi connectivity index (χ4n) is 4.47. The van der Waals surface area contributed by atoms with Gasteiger partial charge < -0.3 is 29.8 Å². The number of hydrogen-bond acceptors (Lipinski definition) is 7. The second-order valence-electron chi connectivity index (χ2n) is 9.26. The monoisotopic (exact) mass is 479 g/mol. The molecule has 2 atom stereocenters. The number of aromatic amines is 1. The number of H-pyrrole nitrogens is 1. The highest BCUT2D eigenvalue weighted by atomic mass is 16.5. The van der Waals surface area contributed by atoms with Crippen molar-refractivity contribution in [3.05, 3.63) is 35.8 Å². The van der Waals surface area contributed by atoms with Gasteiger partial charge in [-0.25, -0.2) is 9.97 Å². The number of β-amino-alcohol motifs (C(OH)–C–C–N with tert-alkyl or cyclic N) is 1. The molecule has 2 aromatic heterocycles. The van der Waals surface area contributed by atoms with E-state index in [2.05, 4.69) is 20.3 Å². The van der Waals surface area contributed by atoms with Crippen LogP contribution >= 0.6 is 0 Å². The van der Waals surface area contributed by atoms with Gasteiger partial charge in [-0.15, -0.1) is 0 Å². The number of aryl methyl sites for hydroxylation is 1. The van der Waals surface area contributed by atoms with Gasteiger partial charge >= 0.3 is 0 Å². The number of likely N-dealkylation sites (tertiary alicyclic amines) is 1. The lowest BCUT2D eigenvalue weighted by Crippen LogP contribution is -2.43. The Labute approximate surface area is 202 Å². The zero-order chi connectivity index (χ0) is 24.7. The maximum Gasteiger partial charge on any atom is 0.255 e. The van der Waals surface area contributed by atoms with E-state index < -0.39 is 12.1 Å². The molecule has 10 nitrogen and oxygen atoms in total. The molecule has 0 radical (unpaired) electrons. The van der Waals surface area contributed by atoms with E-state index in [0.29, 0.717) is 52.0 Å². The third-order valence-electron chi connectivity index (χ3n) is 6.66. The maximum atomic E-state index is 13.3. The first-order valence-corrected chi connectivity index (χ1v) is 11.7. The van der Waals surface area contributed by atoms with Gasteiger partial charge in [-0.2, -0.15) is 0 Å². The van der Waals surface area contributed by atoms with E-state index in [0.717, 1.165) is 5.56 Å². The number of ether oxygens (including phenoxy) is 2. The molecule has 2 amide bonds. The van der Waals surface area contributed by atoms with Crippen LogP contribution in [0.15, 0.2) is 24.5 Å². The molecule has 2 unspecified atom stereocenters. The van der Waals surface area contributed by atoms with E-state index >= 15 is 0 Å². The zero-order valence-electron chi connectivity index (χ0n) is 20.0. The van der Waals surface area contributed by atoms with Crippen LogP contribution in [-0.2, 0) is 4.79 Å². The van der Waals surface area contributed by atoms with Crippen LogP contribution in [0.25, 0.3) is 22.3 Å². The summed E-state index contributed by atoms with van der Waals surface area (Å²) in [5, 5.41) is 13.2. The van der Waals surface area contributed by atoms with Gasteiger partial charge in [-0.1, -0.05) is 0 Å². The Kier molecular flexibility index (Phi) is 6.06. The average Bonchev–Trinajstić information content (AvgIpc) is 3.51. The summed E-state index contributed by atoms with van der Waals surface area (Å²) in [5.41, 5.74) is 3.50. The quantitative estimate of drug-likeness (QED) is 0.473. The third-order valence-corrected chi connectivity index (χ3v) is 6.66. The van der Waals surface area contributed by atoms with E-state index in [1.165, 1.54) is 31.0 Å². The molecule has 1 saturated carbocycles. The smallest absolute Gasteiger partial charge is 0.255 e. The van der Waals surface area contributed by atoms with Crippen LogP contribution in [0, 0.1) is 12.8 Å². The van der Waals surface area contributed by atoms with E-state index in [9.17, 15) is 14.7 Å². The lowest BCUT2D eigenvalue weighted by atomic mass is 10.1. The minimum absolute atomic E-state index is 0.138. The van der Waals surface area contributed by atoms with Crippen molar-refractivity contribution in [1.29, 1.82) is 0 Å². The number of nitrogens with one attached hydrogen (secondary N) is 2. The largest absolute Gasteiger partial charge is 0.497 e. The Balaban J connectivity index is 1.48. The van der Waals surface area contributed by atoms with Crippen LogP contribution in [-0.4, -0.2) is 75.7 Å². The van der Waals surface area contributed by atoms with Crippen LogP contribution in [0.3, 0.4) is 0 Å².